The highest BCUT2D eigenvalue weighted by Gasteiger charge is 2.24. The number of rotatable bonds is 3. The zero-order chi connectivity index (χ0) is 19.0. The zero-order valence-electron chi connectivity index (χ0n) is 15.1. The molecule has 0 unspecified atom stereocenters. The molecule has 0 saturated heterocycles. The minimum Gasteiger partial charge on any atom is -0.497 e. The van der Waals surface area contributed by atoms with E-state index in [9.17, 15) is 9.18 Å². The van der Waals surface area contributed by atoms with Gasteiger partial charge in [-0.05, 0) is 55.3 Å². The van der Waals surface area contributed by atoms with Gasteiger partial charge < -0.3 is 10.1 Å². The van der Waals surface area contributed by atoms with Crippen LogP contribution in [0.4, 0.5) is 4.39 Å². The molecule has 4 nitrogen and oxygen atoms in total. The summed E-state index contributed by atoms with van der Waals surface area (Å²) in [4.78, 5) is 18.5. The first-order chi connectivity index (χ1) is 13.0. The number of hydrogen-bond acceptors (Lipinski definition) is 4. The Kier molecular flexibility index (Phi) is 4.74. The van der Waals surface area contributed by atoms with E-state index in [1.807, 2.05) is 31.2 Å². The van der Waals surface area contributed by atoms with Crippen molar-refractivity contribution < 1.29 is 13.9 Å². The molecule has 0 radical (unpaired) electrons. The van der Waals surface area contributed by atoms with Gasteiger partial charge in [-0.15, -0.1) is 11.8 Å². The van der Waals surface area contributed by atoms with Crippen LogP contribution >= 0.6 is 11.8 Å². The standard InChI is InChI=1S/C21H19FN2O2S/c1-12-16(9-13-3-5-15(26-2)11-19(13)23-12)21(25)24-18-7-8-27-20-6-4-14(22)10-17(18)20/h3-6,9-11,18H,7-8H2,1-2H3,(H,24,25)/t18-/m0/s1. The Bertz CT molecular complexity index is 1040. The highest BCUT2D eigenvalue weighted by Crippen LogP contribution is 2.36. The molecule has 138 valence electrons. The summed E-state index contributed by atoms with van der Waals surface area (Å²) in [6.07, 6.45) is 0.768. The third-order valence-electron chi connectivity index (χ3n) is 4.78. The number of methoxy groups -OCH3 is 1. The van der Waals surface area contributed by atoms with E-state index < -0.39 is 0 Å². The van der Waals surface area contributed by atoms with E-state index in [0.29, 0.717) is 11.3 Å². The summed E-state index contributed by atoms with van der Waals surface area (Å²) < 4.78 is 18.9. The number of hydrogen-bond donors (Lipinski definition) is 1. The maximum absolute atomic E-state index is 13.7. The molecule has 0 saturated carbocycles. The van der Waals surface area contributed by atoms with Crippen molar-refractivity contribution in [1.82, 2.24) is 10.3 Å². The van der Waals surface area contributed by atoms with Crippen molar-refractivity contribution in [1.29, 1.82) is 0 Å². The lowest BCUT2D eigenvalue weighted by Gasteiger charge is -2.26. The van der Waals surface area contributed by atoms with Crippen molar-refractivity contribution in [3.05, 3.63) is 65.1 Å². The van der Waals surface area contributed by atoms with Crippen molar-refractivity contribution in [2.75, 3.05) is 12.9 Å². The van der Waals surface area contributed by atoms with Crippen LogP contribution in [0.2, 0.25) is 0 Å². The molecule has 2 heterocycles. The fourth-order valence-electron chi connectivity index (χ4n) is 3.35. The number of nitrogens with one attached hydrogen (secondary N) is 1. The van der Waals surface area contributed by atoms with Crippen LogP contribution in [0.25, 0.3) is 10.9 Å². The number of aromatic nitrogens is 1. The summed E-state index contributed by atoms with van der Waals surface area (Å²) >= 11 is 1.69. The molecule has 1 aliphatic rings. The second-order valence-corrected chi connectivity index (χ2v) is 7.66. The second-order valence-electron chi connectivity index (χ2n) is 6.53. The molecule has 4 rings (SSSR count). The van der Waals surface area contributed by atoms with Gasteiger partial charge in [0.1, 0.15) is 11.6 Å². The van der Waals surface area contributed by atoms with Gasteiger partial charge >= 0.3 is 0 Å². The first-order valence-corrected chi connectivity index (χ1v) is 9.72. The van der Waals surface area contributed by atoms with Crippen LogP contribution in [0.1, 0.15) is 34.1 Å². The Balaban J connectivity index is 1.64. The number of nitrogens with zero attached hydrogens (tertiary/aromatic N) is 1. The minimum absolute atomic E-state index is 0.190. The number of carbonyl (C=O) groups excluding carboxylic acids is 1. The maximum Gasteiger partial charge on any atom is 0.253 e. The van der Waals surface area contributed by atoms with Gasteiger partial charge in [-0.3, -0.25) is 9.78 Å². The molecule has 0 bridgehead atoms. The van der Waals surface area contributed by atoms with E-state index in [1.165, 1.54) is 12.1 Å². The lowest BCUT2D eigenvalue weighted by Crippen LogP contribution is -2.31. The highest BCUT2D eigenvalue weighted by molar-refractivity contribution is 7.99. The summed E-state index contributed by atoms with van der Waals surface area (Å²) in [6, 6.07) is 12.0. The van der Waals surface area contributed by atoms with Crippen molar-refractivity contribution in [2.24, 2.45) is 0 Å². The number of halogens is 1. The number of aryl methyl sites for hydroxylation is 1. The van der Waals surface area contributed by atoms with Crippen molar-refractivity contribution in [3.8, 4) is 5.75 Å². The molecule has 1 aliphatic heterocycles. The number of amides is 1. The Morgan fingerprint density at radius 3 is 2.93 bits per heavy atom. The van der Waals surface area contributed by atoms with Gasteiger partial charge in [0, 0.05) is 22.1 Å². The topological polar surface area (TPSA) is 51.2 Å². The summed E-state index contributed by atoms with van der Waals surface area (Å²) in [5, 5.41) is 3.94. The molecule has 1 atom stereocenters. The molecule has 2 aromatic carbocycles. The lowest BCUT2D eigenvalue weighted by atomic mass is 10.0. The fourth-order valence-corrected chi connectivity index (χ4v) is 4.46. The van der Waals surface area contributed by atoms with Crippen LogP contribution < -0.4 is 10.1 Å². The van der Waals surface area contributed by atoms with Crippen LogP contribution in [-0.2, 0) is 0 Å². The summed E-state index contributed by atoms with van der Waals surface area (Å²) in [5.41, 5.74) is 2.81. The Hall–Kier alpha value is -2.60. The number of fused-ring (bicyclic) bond motifs is 2. The van der Waals surface area contributed by atoms with Crippen LogP contribution in [0.3, 0.4) is 0 Å². The van der Waals surface area contributed by atoms with E-state index in [1.54, 1.807) is 24.9 Å². The smallest absolute Gasteiger partial charge is 0.253 e. The molecule has 0 fully saturated rings. The maximum atomic E-state index is 13.7. The normalized spacial score (nSPS) is 16.0. The SMILES string of the molecule is COc1ccc2cc(C(=O)N[C@H]3CCSc4ccc(F)cc43)c(C)nc2c1. The minimum atomic E-state index is -0.284. The molecule has 27 heavy (non-hydrogen) atoms. The third kappa shape index (κ3) is 3.49. The number of pyridine rings is 1. The van der Waals surface area contributed by atoms with Crippen LogP contribution in [0, 0.1) is 12.7 Å². The monoisotopic (exact) mass is 382 g/mol. The highest BCUT2D eigenvalue weighted by atomic mass is 32.2. The second kappa shape index (κ2) is 7.19. The van der Waals surface area contributed by atoms with Gasteiger partial charge in [-0.25, -0.2) is 4.39 Å². The van der Waals surface area contributed by atoms with Gasteiger partial charge in [0.25, 0.3) is 5.91 Å². The number of benzene rings is 2. The van der Waals surface area contributed by atoms with Gasteiger partial charge in [0.05, 0.1) is 29.9 Å². The Labute approximate surface area is 161 Å². The molecule has 1 N–H and O–H groups in total. The van der Waals surface area contributed by atoms with E-state index in [4.69, 9.17) is 4.74 Å². The van der Waals surface area contributed by atoms with Crippen molar-refractivity contribution in [3.63, 3.8) is 0 Å². The first kappa shape index (κ1) is 17.8. The van der Waals surface area contributed by atoms with E-state index in [2.05, 4.69) is 10.3 Å². The number of ether oxygens (including phenoxy) is 1. The summed E-state index contributed by atoms with van der Waals surface area (Å²) in [6.45, 7) is 1.82. The average Bonchev–Trinajstić information content (AvgIpc) is 2.67. The molecule has 6 heteroatoms. The number of carbonyl (C=O) groups is 1. The van der Waals surface area contributed by atoms with Crippen LogP contribution in [0.5, 0.6) is 5.75 Å². The van der Waals surface area contributed by atoms with Gasteiger partial charge in [-0.1, -0.05) is 0 Å². The first-order valence-electron chi connectivity index (χ1n) is 8.73. The van der Waals surface area contributed by atoms with Gasteiger partial charge in [0.2, 0.25) is 0 Å². The van der Waals surface area contributed by atoms with Crippen LogP contribution in [0.15, 0.2) is 47.4 Å². The average molecular weight is 382 g/mol. The molecule has 3 aromatic rings. The van der Waals surface area contributed by atoms with E-state index >= 15 is 0 Å². The molecule has 0 aliphatic carbocycles. The van der Waals surface area contributed by atoms with Crippen molar-refractivity contribution >= 4 is 28.6 Å². The molecular weight excluding hydrogens is 363 g/mol. The van der Waals surface area contributed by atoms with Gasteiger partial charge in [0.15, 0.2) is 0 Å². The predicted octanol–water partition coefficient (Wildman–Crippen LogP) is 4.66. The molecule has 1 aromatic heterocycles. The molecule has 0 spiro atoms. The fraction of sp³-hybridized carbons (Fsp3) is 0.238. The van der Waals surface area contributed by atoms with E-state index in [-0.39, 0.29) is 17.8 Å². The summed E-state index contributed by atoms with van der Waals surface area (Å²) in [5.74, 6) is 1.14. The van der Waals surface area contributed by atoms with Gasteiger partial charge in [-0.2, -0.15) is 0 Å². The quantitative estimate of drug-likeness (QED) is 0.716. The molecule has 1 amide bonds. The largest absolute Gasteiger partial charge is 0.497 e. The number of thioether (sulfide) groups is 1. The third-order valence-corrected chi connectivity index (χ3v) is 5.90. The van der Waals surface area contributed by atoms with Crippen LogP contribution in [-0.4, -0.2) is 23.8 Å². The Morgan fingerprint density at radius 2 is 2.11 bits per heavy atom. The van der Waals surface area contributed by atoms with Crippen molar-refractivity contribution in [2.45, 2.75) is 24.3 Å². The lowest BCUT2D eigenvalue weighted by molar-refractivity contribution is 0.0934. The Morgan fingerprint density at radius 1 is 1.26 bits per heavy atom. The zero-order valence-corrected chi connectivity index (χ0v) is 15.9. The summed E-state index contributed by atoms with van der Waals surface area (Å²) in [7, 11) is 1.61. The molecular formula is C21H19FN2O2S. The predicted molar refractivity (Wildman–Crippen MR) is 105 cm³/mol. The van der Waals surface area contributed by atoms with E-state index in [0.717, 1.165) is 39.3 Å².